The topological polar surface area (TPSA) is 100 Å². The largest absolute Gasteiger partial charge is 0.504 e. The standard InChI is InChI=1S/C23H18N4O3/c1-27-21-16(12-11-14-7-6-10-18(30-2)19(14)21)20(26-27)22(28)17(13-24)23(29)25-15-8-4-3-5-9-15/h3-12,28H,1-2H3,(H,25,29). The van der Waals surface area contributed by atoms with Gasteiger partial charge in [-0.2, -0.15) is 10.4 Å². The van der Waals surface area contributed by atoms with Crippen LogP contribution < -0.4 is 10.1 Å². The van der Waals surface area contributed by atoms with Gasteiger partial charge in [0, 0.05) is 23.5 Å². The number of anilines is 1. The van der Waals surface area contributed by atoms with Crippen LogP contribution in [0.25, 0.3) is 27.4 Å². The van der Waals surface area contributed by atoms with Gasteiger partial charge in [0.05, 0.1) is 12.6 Å². The molecule has 7 nitrogen and oxygen atoms in total. The average molecular weight is 398 g/mol. The van der Waals surface area contributed by atoms with Gasteiger partial charge < -0.3 is 15.2 Å². The van der Waals surface area contributed by atoms with E-state index in [1.54, 1.807) is 55.2 Å². The molecule has 0 saturated carbocycles. The molecule has 0 radical (unpaired) electrons. The molecule has 1 aromatic heterocycles. The first-order chi connectivity index (χ1) is 14.5. The maximum atomic E-state index is 12.6. The fourth-order valence-corrected chi connectivity index (χ4v) is 3.50. The Kier molecular flexibility index (Phi) is 4.82. The molecule has 148 valence electrons. The molecule has 30 heavy (non-hydrogen) atoms. The van der Waals surface area contributed by atoms with E-state index >= 15 is 0 Å². The van der Waals surface area contributed by atoms with Crippen molar-refractivity contribution >= 4 is 39.0 Å². The van der Waals surface area contributed by atoms with Gasteiger partial charge in [-0.1, -0.05) is 36.4 Å². The summed E-state index contributed by atoms with van der Waals surface area (Å²) in [5.41, 5.74) is 0.982. The van der Waals surface area contributed by atoms with Gasteiger partial charge in [-0.25, -0.2) is 0 Å². The van der Waals surface area contributed by atoms with Crippen molar-refractivity contribution in [2.45, 2.75) is 0 Å². The Balaban J connectivity index is 1.88. The minimum Gasteiger partial charge on any atom is -0.504 e. The molecule has 0 bridgehead atoms. The SMILES string of the molecule is COc1cccc2ccc3c(C(O)=C(C#N)C(=O)Nc4ccccc4)nn(C)c3c12. The number of rotatable bonds is 4. The number of carbonyl (C=O) groups excluding carboxylic acids is 1. The summed E-state index contributed by atoms with van der Waals surface area (Å²) in [5, 5.41) is 29.8. The van der Waals surface area contributed by atoms with Crippen molar-refractivity contribution < 1.29 is 14.6 Å². The fourth-order valence-electron chi connectivity index (χ4n) is 3.50. The lowest BCUT2D eigenvalue weighted by atomic mass is 10.0. The molecule has 0 aliphatic carbocycles. The number of aromatic nitrogens is 2. The Labute approximate surface area is 172 Å². The second kappa shape index (κ2) is 7.60. The summed E-state index contributed by atoms with van der Waals surface area (Å²) in [7, 11) is 3.32. The molecule has 0 saturated heterocycles. The summed E-state index contributed by atoms with van der Waals surface area (Å²) in [5.74, 6) is -0.525. The monoisotopic (exact) mass is 398 g/mol. The van der Waals surface area contributed by atoms with Gasteiger partial charge in [-0.05, 0) is 29.7 Å². The molecule has 1 heterocycles. The van der Waals surface area contributed by atoms with Gasteiger partial charge in [0.25, 0.3) is 5.91 Å². The van der Waals surface area contributed by atoms with Crippen LogP contribution in [0.1, 0.15) is 5.69 Å². The third kappa shape index (κ3) is 3.10. The number of aryl methyl sites for hydroxylation is 1. The summed E-state index contributed by atoms with van der Waals surface area (Å²) in [6.45, 7) is 0. The van der Waals surface area contributed by atoms with Crippen LogP contribution in [0.4, 0.5) is 5.69 Å². The van der Waals surface area contributed by atoms with E-state index in [2.05, 4.69) is 10.4 Å². The summed E-state index contributed by atoms with van der Waals surface area (Å²) >= 11 is 0. The molecule has 0 aliphatic rings. The number of ether oxygens (including phenoxy) is 1. The Hall–Kier alpha value is -4.31. The molecule has 0 unspecified atom stereocenters. The Morgan fingerprint density at radius 2 is 1.90 bits per heavy atom. The first-order valence-corrected chi connectivity index (χ1v) is 9.17. The zero-order valence-electron chi connectivity index (χ0n) is 16.4. The van der Waals surface area contributed by atoms with Crippen LogP contribution in [-0.2, 0) is 11.8 Å². The number of hydrogen-bond donors (Lipinski definition) is 2. The van der Waals surface area contributed by atoms with Crippen molar-refractivity contribution in [3.63, 3.8) is 0 Å². The van der Waals surface area contributed by atoms with Crippen LogP contribution in [0, 0.1) is 11.3 Å². The summed E-state index contributed by atoms with van der Waals surface area (Å²) in [6, 6.07) is 19.9. The zero-order chi connectivity index (χ0) is 21.3. The molecule has 0 fully saturated rings. The average Bonchev–Trinajstić information content (AvgIpc) is 3.11. The molecule has 2 N–H and O–H groups in total. The number of nitriles is 1. The minimum atomic E-state index is -0.710. The smallest absolute Gasteiger partial charge is 0.270 e. The predicted octanol–water partition coefficient (Wildman–Crippen LogP) is 4.17. The van der Waals surface area contributed by atoms with Crippen molar-refractivity contribution in [2.24, 2.45) is 7.05 Å². The number of para-hydroxylation sites is 1. The molecule has 1 amide bonds. The third-order valence-corrected chi connectivity index (χ3v) is 4.86. The fraction of sp³-hybridized carbons (Fsp3) is 0.0870. The van der Waals surface area contributed by atoms with Crippen molar-refractivity contribution in [3.05, 3.63) is 71.9 Å². The molecule has 4 aromatic rings. The second-order valence-electron chi connectivity index (χ2n) is 6.65. The number of methoxy groups -OCH3 is 1. The lowest BCUT2D eigenvalue weighted by Crippen LogP contribution is -2.15. The number of aliphatic hydroxyl groups excluding tert-OH is 1. The highest BCUT2D eigenvalue weighted by Crippen LogP contribution is 2.35. The van der Waals surface area contributed by atoms with Crippen molar-refractivity contribution in [2.75, 3.05) is 12.4 Å². The molecule has 4 rings (SSSR count). The first-order valence-electron chi connectivity index (χ1n) is 9.17. The van der Waals surface area contributed by atoms with Crippen molar-refractivity contribution in [3.8, 4) is 11.8 Å². The van der Waals surface area contributed by atoms with E-state index in [1.807, 2.05) is 30.3 Å². The first kappa shape index (κ1) is 19.0. The van der Waals surface area contributed by atoms with Gasteiger partial charge in [0.1, 0.15) is 17.5 Å². The number of fused-ring (bicyclic) bond motifs is 3. The van der Waals surface area contributed by atoms with E-state index in [1.165, 1.54) is 0 Å². The van der Waals surface area contributed by atoms with E-state index < -0.39 is 17.2 Å². The lowest BCUT2D eigenvalue weighted by molar-refractivity contribution is -0.112. The van der Waals surface area contributed by atoms with E-state index in [9.17, 15) is 15.2 Å². The zero-order valence-corrected chi connectivity index (χ0v) is 16.4. The van der Waals surface area contributed by atoms with Crippen molar-refractivity contribution in [1.29, 1.82) is 5.26 Å². The van der Waals surface area contributed by atoms with Crippen LogP contribution in [-0.4, -0.2) is 27.9 Å². The molecule has 0 aliphatic heterocycles. The lowest BCUT2D eigenvalue weighted by Gasteiger charge is -2.08. The van der Waals surface area contributed by atoms with Gasteiger partial charge in [0.2, 0.25) is 0 Å². The highest BCUT2D eigenvalue weighted by molar-refractivity contribution is 6.15. The Bertz CT molecular complexity index is 1350. The predicted molar refractivity (Wildman–Crippen MR) is 115 cm³/mol. The molecular formula is C23H18N4O3. The molecule has 3 aromatic carbocycles. The van der Waals surface area contributed by atoms with Gasteiger partial charge in [0.15, 0.2) is 11.3 Å². The Morgan fingerprint density at radius 3 is 2.60 bits per heavy atom. The van der Waals surface area contributed by atoms with Crippen LogP contribution in [0.3, 0.4) is 0 Å². The number of amides is 1. The van der Waals surface area contributed by atoms with Gasteiger partial charge in [-0.3, -0.25) is 9.48 Å². The van der Waals surface area contributed by atoms with E-state index in [0.29, 0.717) is 16.8 Å². The van der Waals surface area contributed by atoms with Crippen molar-refractivity contribution in [1.82, 2.24) is 9.78 Å². The molecular weight excluding hydrogens is 380 g/mol. The number of benzene rings is 3. The summed E-state index contributed by atoms with van der Waals surface area (Å²) in [6.07, 6.45) is 0. The number of nitrogens with zero attached hydrogens (tertiary/aromatic N) is 3. The van der Waals surface area contributed by atoms with E-state index in [4.69, 9.17) is 4.74 Å². The van der Waals surface area contributed by atoms with E-state index in [0.717, 1.165) is 16.3 Å². The molecule has 0 atom stereocenters. The third-order valence-electron chi connectivity index (χ3n) is 4.86. The maximum Gasteiger partial charge on any atom is 0.270 e. The van der Waals surface area contributed by atoms with Gasteiger partial charge >= 0.3 is 0 Å². The number of carbonyl (C=O) groups is 1. The number of hydrogen-bond acceptors (Lipinski definition) is 5. The number of nitrogens with one attached hydrogen (secondary N) is 1. The minimum absolute atomic E-state index is 0.153. The highest BCUT2D eigenvalue weighted by Gasteiger charge is 2.23. The van der Waals surface area contributed by atoms with Crippen LogP contribution in [0.5, 0.6) is 5.75 Å². The number of aliphatic hydroxyl groups is 1. The summed E-state index contributed by atoms with van der Waals surface area (Å²) in [4.78, 5) is 12.6. The maximum absolute atomic E-state index is 12.6. The summed E-state index contributed by atoms with van der Waals surface area (Å²) < 4.78 is 7.11. The normalized spacial score (nSPS) is 11.8. The highest BCUT2D eigenvalue weighted by atomic mass is 16.5. The van der Waals surface area contributed by atoms with Crippen LogP contribution >= 0.6 is 0 Å². The van der Waals surface area contributed by atoms with Gasteiger partial charge in [-0.15, -0.1) is 0 Å². The molecule has 0 spiro atoms. The van der Waals surface area contributed by atoms with E-state index in [-0.39, 0.29) is 5.69 Å². The van der Waals surface area contributed by atoms with Crippen LogP contribution in [0.2, 0.25) is 0 Å². The second-order valence-corrected chi connectivity index (χ2v) is 6.65. The van der Waals surface area contributed by atoms with Crippen LogP contribution in [0.15, 0.2) is 66.2 Å². The molecule has 7 heteroatoms. The Morgan fingerprint density at radius 1 is 1.13 bits per heavy atom. The quantitative estimate of drug-likeness (QED) is 0.305.